The lowest BCUT2D eigenvalue weighted by Gasteiger charge is -2.17. The minimum Gasteiger partial charge on any atom is -0.494 e. The summed E-state index contributed by atoms with van der Waals surface area (Å²) in [5, 5.41) is 3.36. The zero-order valence-corrected chi connectivity index (χ0v) is 12.5. The molecule has 0 fully saturated rings. The first-order valence-electron chi connectivity index (χ1n) is 7.12. The van der Waals surface area contributed by atoms with Crippen molar-refractivity contribution in [2.45, 2.75) is 26.3 Å². The molecule has 0 amide bonds. The Kier molecular flexibility index (Phi) is 5.19. The Hall–Kier alpha value is -1.80. The number of benzene rings is 2. The van der Waals surface area contributed by atoms with Crippen molar-refractivity contribution in [3.8, 4) is 5.75 Å². The van der Waals surface area contributed by atoms with Crippen LogP contribution in [-0.2, 0) is 0 Å². The van der Waals surface area contributed by atoms with Gasteiger partial charge in [-0.1, -0.05) is 42.0 Å². The highest BCUT2D eigenvalue weighted by molar-refractivity contribution is 5.27. The highest BCUT2D eigenvalue weighted by Crippen LogP contribution is 2.19. The molecule has 2 heteroatoms. The summed E-state index contributed by atoms with van der Waals surface area (Å²) < 4.78 is 5.83. The Balaban J connectivity index is 1.91. The van der Waals surface area contributed by atoms with Crippen molar-refractivity contribution in [2.24, 2.45) is 0 Å². The van der Waals surface area contributed by atoms with E-state index in [4.69, 9.17) is 4.74 Å². The molecule has 0 saturated carbocycles. The summed E-state index contributed by atoms with van der Waals surface area (Å²) in [6.45, 7) is 4.92. The van der Waals surface area contributed by atoms with Gasteiger partial charge in [0.15, 0.2) is 0 Å². The lowest BCUT2D eigenvalue weighted by atomic mass is 10.0. The van der Waals surface area contributed by atoms with Gasteiger partial charge in [-0.25, -0.2) is 0 Å². The summed E-state index contributed by atoms with van der Waals surface area (Å²) in [5.41, 5.74) is 3.84. The molecule has 2 aromatic carbocycles. The van der Waals surface area contributed by atoms with Crippen LogP contribution in [0.5, 0.6) is 5.75 Å². The second kappa shape index (κ2) is 7.11. The zero-order chi connectivity index (χ0) is 14.4. The molecule has 0 bridgehead atoms. The van der Waals surface area contributed by atoms with Gasteiger partial charge >= 0.3 is 0 Å². The SMILES string of the molecule is CNC(CCOc1cccc(C)c1)c1cccc(C)c1. The van der Waals surface area contributed by atoms with Gasteiger partial charge in [-0.15, -0.1) is 0 Å². The summed E-state index contributed by atoms with van der Waals surface area (Å²) in [6, 6.07) is 17.1. The largest absolute Gasteiger partial charge is 0.494 e. The molecular formula is C18H23NO. The maximum absolute atomic E-state index is 5.83. The molecular weight excluding hydrogens is 246 g/mol. The molecule has 0 radical (unpaired) electrons. The van der Waals surface area contributed by atoms with E-state index in [1.165, 1.54) is 16.7 Å². The zero-order valence-electron chi connectivity index (χ0n) is 12.5. The molecule has 2 nitrogen and oxygen atoms in total. The van der Waals surface area contributed by atoms with E-state index in [1.807, 2.05) is 19.2 Å². The number of ether oxygens (including phenoxy) is 1. The van der Waals surface area contributed by atoms with E-state index < -0.39 is 0 Å². The number of hydrogen-bond donors (Lipinski definition) is 1. The number of nitrogens with one attached hydrogen (secondary N) is 1. The fraction of sp³-hybridized carbons (Fsp3) is 0.333. The van der Waals surface area contributed by atoms with Crippen molar-refractivity contribution >= 4 is 0 Å². The van der Waals surface area contributed by atoms with Gasteiger partial charge in [0.1, 0.15) is 5.75 Å². The summed E-state index contributed by atoms with van der Waals surface area (Å²) in [6.07, 6.45) is 0.952. The highest BCUT2D eigenvalue weighted by atomic mass is 16.5. The van der Waals surface area contributed by atoms with E-state index in [-0.39, 0.29) is 0 Å². The van der Waals surface area contributed by atoms with E-state index in [0.29, 0.717) is 12.6 Å². The van der Waals surface area contributed by atoms with Crippen LogP contribution in [0.25, 0.3) is 0 Å². The van der Waals surface area contributed by atoms with E-state index >= 15 is 0 Å². The average Bonchev–Trinajstić information content (AvgIpc) is 2.44. The Morgan fingerprint density at radius 2 is 1.70 bits per heavy atom. The van der Waals surface area contributed by atoms with Crippen molar-refractivity contribution in [1.82, 2.24) is 5.32 Å². The van der Waals surface area contributed by atoms with Gasteiger partial charge < -0.3 is 10.1 Å². The maximum Gasteiger partial charge on any atom is 0.119 e. The normalized spacial score (nSPS) is 12.2. The molecule has 1 atom stereocenters. The van der Waals surface area contributed by atoms with Crippen LogP contribution in [-0.4, -0.2) is 13.7 Å². The van der Waals surface area contributed by atoms with Crippen molar-refractivity contribution < 1.29 is 4.74 Å². The van der Waals surface area contributed by atoms with Gasteiger partial charge in [0.05, 0.1) is 6.61 Å². The fourth-order valence-electron chi connectivity index (χ4n) is 2.36. The monoisotopic (exact) mass is 269 g/mol. The van der Waals surface area contributed by atoms with Crippen LogP contribution in [0.3, 0.4) is 0 Å². The van der Waals surface area contributed by atoms with Gasteiger partial charge in [-0.3, -0.25) is 0 Å². The molecule has 0 heterocycles. The Bertz CT molecular complexity index is 551. The molecule has 20 heavy (non-hydrogen) atoms. The third kappa shape index (κ3) is 4.10. The quantitative estimate of drug-likeness (QED) is 0.854. The van der Waals surface area contributed by atoms with Crippen molar-refractivity contribution in [3.05, 3.63) is 65.2 Å². The lowest BCUT2D eigenvalue weighted by Crippen LogP contribution is -2.19. The van der Waals surface area contributed by atoms with Crippen LogP contribution < -0.4 is 10.1 Å². The standard InChI is InChI=1S/C18H23NO/c1-14-6-4-8-16(12-14)18(19-3)10-11-20-17-9-5-7-15(2)13-17/h4-9,12-13,18-19H,10-11H2,1-3H3. The van der Waals surface area contributed by atoms with Crippen LogP contribution in [0, 0.1) is 13.8 Å². The number of aryl methyl sites for hydroxylation is 2. The van der Waals surface area contributed by atoms with E-state index in [1.54, 1.807) is 0 Å². The van der Waals surface area contributed by atoms with E-state index in [2.05, 4.69) is 55.6 Å². The lowest BCUT2D eigenvalue weighted by molar-refractivity contribution is 0.290. The van der Waals surface area contributed by atoms with Gasteiger partial charge in [0, 0.05) is 12.5 Å². The molecule has 0 aliphatic heterocycles. The van der Waals surface area contributed by atoms with E-state index in [0.717, 1.165) is 12.2 Å². The smallest absolute Gasteiger partial charge is 0.119 e. The predicted octanol–water partition coefficient (Wildman–Crippen LogP) is 4.03. The second-order valence-electron chi connectivity index (χ2n) is 5.21. The third-order valence-corrected chi connectivity index (χ3v) is 3.46. The van der Waals surface area contributed by atoms with Crippen molar-refractivity contribution in [3.63, 3.8) is 0 Å². The molecule has 0 spiro atoms. The highest BCUT2D eigenvalue weighted by Gasteiger charge is 2.09. The number of rotatable bonds is 6. The first-order chi connectivity index (χ1) is 9.69. The van der Waals surface area contributed by atoms with Crippen LogP contribution in [0.15, 0.2) is 48.5 Å². The van der Waals surface area contributed by atoms with Gasteiger partial charge in [-0.05, 0) is 44.2 Å². The van der Waals surface area contributed by atoms with Crippen LogP contribution in [0.2, 0.25) is 0 Å². The number of hydrogen-bond acceptors (Lipinski definition) is 2. The van der Waals surface area contributed by atoms with Crippen LogP contribution in [0.1, 0.15) is 29.2 Å². The first-order valence-corrected chi connectivity index (χ1v) is 7.12. The summed E-state index contributed by atoms with van der Waals surface area (Å²) in [5.74, 6) is 0.948. The minimum absolute atomic E-state index is 0.333. The molecule has 1 N–H and O–H groups in total. The molecule has 0 aromatic heterocycles. The molecule has 106 valence electrons. The molecule has 0 saturated heterocycles. The molecule has 1 unspecified atom stereocenters. The molecule has 2 aromatic rings. The Morgan fingerprint density at radius 3 is 2.35 bits per heavy atom. The molecule has 2 rings (SSSR count). The Labute approximate surface area is 121 Å². The Morgan fingerprint density at radius 1 is 1.00 bits per heavy atom. The van der Waals surface area contributed by atoms with Gasteiger partial charge in [0.25, 0.3) is 0 Å². The average molecular weight is 269 g/mol. The topological polar surface area (TPSA) is 21.3 Å². The molecule has 0 aliphatic carbocycles. The summed E-state index contributed by atoms with van der Waals surface area (Å²) in [4.78, 5) is 0. The predicted molar refractivity (Wildman–Crippen MR) is 84.3 cm³/mol. The van der Waals surface area contributed by atoms with Gasteiger partial charge in [0.2, 0.25) is 0 Å². The van der Waals surface area contributed by atoms with Crippen molar-refractivity contribution in [1.29, 1.82) is 0 Å². The fourth-order valence-corrected chi connectivity index (χ4v) is 2.36. The minimum atomic E-state index is 0.333. The summed E-state index contributed by atoms with van der Waals surface area (Å²) >= 11 is 0. The van der Waals surface area contributed by atoms with Crippen molar-refractivity contribution in [2.75, 3.05) is 13.7 Å². The summed E-state index contributed by atoms with van der Waals surface area (Å²) in [7, 11) is 2.00. The van der Waals surface area contributed by atoms with Gasteiger partial charge in [-0.2, -0.15) is 0 Å². The van der Waals surface area contributed by atoms with Crippen LogP contribution in [0.4, 0.5) is 0 Å². The first kappa shape index (κ1) is 14.6. The second-order valence-corrected chi connectivity index (χ2v) is 5.21. The third-order valence-electron chi connectivity index (χ3n) is 3.46. The van der Waals surface area contributed by atoms with E-state index in [9.17, 15) is 0 Å². The molecule has 0 aliphatic rings. The van der Waals surface area contributed by atoms with Crippen LogP contribution >= 0.6 is 0 Å². The maximum atomic E-state index is 5.83.